The number of ether oxygens (including phenoxy) is 2. The van der Waals surface area contributed by atoms with Crippen molar-refractivity contribution < 1.29 is 28.0 Å². The lowest BCUT2D eigenvalue weighted by molar-refractivity contribution is -0.0444. The molecule has 0 saturated heterocycles. The molecule has 1 aromatic carbocycles. The molecule has 0 aliphatic rings. The van der Waals surface area contributed by atoms with E-state index < -0.39 is 13.9 Å². The summed E-state index contributed by atoms with van der Waals surface area (Å²) in [6.07, 6.45) is 39.0. The van der Waals surface area contributed by atoms with Crippen LogP contribution in [0.1, 0.15) is 219 Å². The lowest BCUT2D eigenvalue weighted by Gasteiger charge is -2.20. The van der Waals surface area contributed by atoms with Gasteiger partial charge in [0.05, 0.1) is 30.9 Å². The highest BCUT2D eigenvalue weighted by Crippen LogP contribution is 2.43. The van der Waals surface area contributed by atoms with Crippen LogP contribution in [0.5, 0.6) is 0 Å². The Morgan fingerprint density at radius 3 is 1.61 bits per heavy atom. The highest BCUT2D eigenvalue weighted by atomic mass is 31.2. The standard InChI is InChI=1S/C51H91N4O6P/c1-4-7-10-12-14-16-18-20-22-24-26-28-30-34-40-58-43-45(59-41-35-31-29-27-25-23-21-19-17-15-13-11-8-5-2)44-61-62(56,57)60-42-39-55-48(38-9-6-3)54-49-50(55)46-36-32-33-37-47(46)53-51(49)52/h32-33,36-37,45H,4-31,34-35,38-44H2,1-3H3,(H2,52,53)(H,56,57)/t45-/m1/s1. The van der Waals surface area contributed by atoms with Crippen LogP contribution in [0.15, 0.2) is 24.3 Å². The van der Waals surface area contributed by atoms with E-state index in [4.69, 9.17) is 29.2 Å². The molecule has 62 heavy (non-hydrogen) atoms. The van der Waals surface area contributed by atoms with Gasteiger partial charge in [0, 0.05) is 31.6 Å². The molecule has 0 fully saturated rings. The number of hydrogen-bond acceptors (Lipinski definition) is 8. The zero-order valence-corrected chi connectivity index (χ0v) is 40.8. The highest BCUT2D eigenvalue weighted by molar-refractivity contribution is 7.47. The van der Waals surface area contributed by atoms with Crippen LogP contribution in [0.2, 0.25) is 0 Å². The zero-order valence-electron chi connectivity index (χ0n) is 39.9. The van der Waals surface area contributed by atoms with Gasteiger partial charge in [-0.25, -0.2) is 14.5 Å². The fourth-order valence-corrected chi connectivity index (χ4v) is 9.18. The molecule has 0 aliphatic heterocycles. The summed E-state index contributed by atoms with van der Waals surface area (Å²) in [4.78, 5) is 20.2. The van der Waals surface area contributed by atoms with Crippen LogP contribution in [0.3, 0.4) is 0 Å². The number of nitrogen functional groups attached to an aromatic ring is 1. The van der Waals surface area contributed by atoms with Gasteiger partial charge in [-0.05, 0) is 25.3 Å². The average molecular weight is 887 g/mol. The fraction of sp³-hybridized carbons (Fsp3) is 0.804. The molecule has 356 valence electrons. The maximum absolute atomic E-state index is 13.2. The van der Waals surface area contributed by atoms with E-state index in [0.717, 1.165) is 67.2 Å². The molecule has 1 unspecified atom stereocenters. The van der Waals surface area contributed by atoms with E-state index in [1.807, 2.05) is 24.3 Å². The highest BCUT2D eigenvalue weighted by Gasteiger charge is 2.25. The predicted molar refractivity (Wildman–Crippen MR) is 261 cm³/mol. The van der Waals surface area contributed by atoms with Crippen LogP contribution >= 0.6 is 7.82 Å². The Bertz CT molecular complexity index is 1590. The molecule has 0 amide bonds. The number of imidazole rings is 1. The molecule has 0 saturated carbocycles. The number of hydrogen-bond donors (Lipinski definition) is 2. The number of pyridine rings is 1. The smallest absolute Gasteiger partial charge is 0.382 e. The topological polar surface area (TPSA) is 131 Å². The Morgan fingerprint density at radius 2 is 1.08 bits per heavy atom. The van der Waals surface area contributed by atoms with Gasteiger partial charge in [0.25, 0.3) is 0 Å². The van der Waals surface area contributed by atoms with Crippen molar-refractivity contribution in [1.82, 2.24) is 14.5 Å². The molecule has 3 N–H and O–H groups in total. The molecule has 10 nitrogen and oxygen atoms in total. The molecular weight excluding hydrogens is 796 g/mol. The summed E-state index contributed by atoms with van der Waals surface area (Å²) in [5.41, 5.74) is 8.65. The Labute approximate surface area is 378 Å². The number of fused-ring (bicyclic) bond motifs is 3. The van der Waals surface area contributed by atoms with Crippen molar-refractivity contribution in [3.05, 3.63) is 30.1 Å². The first-order valence-corrected chi connectivity index (χ1v) is 27.2. The Hall–Kier alpha value is -2.07. The van der Waals surface area contributed by atoms with E-state index in [0.29, 0.717) is 37.7 Å². The number of benzene rings is 1. The quantitative estimate of drug-likeness (QED) is 0.0421. The van der Waals surface area contributed by atoms with Gasteiger partial charge in [-0.1, -0.05) is 212 Å². The van der Waals surface area contributed by atoms with Crippen molar-refractivity contribution in [2.45, 2.75) is 232 Å². The molecule has 2 heterocycles. The zero-order chi connectivity index (χ0) is 44.4. The van der Waals surface area contributed by atoms with E-state index in [1.54, 1.807) is 0 Å². The van der Waals surface area contributed by atoms with Crippen molar-refractivity contribution in [1.29, 1.82) is 0 Å². The van der Waals surface area contributed by atoms with E-state index >= 15 is 0 Å². The van der Waals surface area contributed by atoms with Crippen LogP contribution < -0.4 is 5.73 Å². The molecule has 0 aliphatic carbocycles. The van der Waals surface area contributed by atoms with Gasteiger partial charge in [-0.15, -0.1) is 0 Å². The monoisotopic (exact) mass is 887 g/mol. The number of aryl methyl sites for hydroxylation is 1. The van der Waals surface area contributed by atoms with Gasteiger partial charge in [0.1, 0.15) is 17.4 Å². The molecular formula is C51H91N4O6P. The molecule has 2 aromatic heterocycles. The first kappa shape index (κ1) is 54.3. The molecule has 0 radical (unpaired) electrons. The Balaban J connectivity index is 1.40. The number of rotatable bonds is 43. The number of unbranched alkanes of at least 4 members (excludes halogenated alkanes) is 27. The summed E-state index contributed by atoms with van der Waals surface area (Å²) in [5.74, 6) is 1.23. The summed E-state index contributed by atoms with van der Waals surface area (Å²) >= 11 is 0. The summed E-state index contributed by atoms with van der Waals surface area (Å²) in [6.45, 7) is 8.45. The summed E-state index contributed by atoms with van der Waals surface area (Å²) in [6, 6.07) is 7.84. The van der Waals surface area contributed by atoms with Gasteiger partial charge in [-0.3, -0.25) is 9.05 Å². The fourth-order valence-electron chi connectivity index (χ4n) is 8.44. The van der Waals surface area contributed by atoms with E-state index in [1.165, 1.54) is 154 Å². The minimum atomic E-state index is -4.38. The Kier molecular flexibility index (Phi) is 30.8. The number of para-hydroxylation sites is 1. The number of nitrogens with two attached hydrogens (primary N) is 1. The van der Waals surface area contributed by atoms with Gasteiger partial charge in [-0.2, -0.15) is 0 Å². The number of anilines is 1. The van der Waals surface area contributed by atoms with Crippen LogP contribution in [0.4, 0.5) is 5.82 Å². The second-order valence-corrected chi connectivity index (χ2v) is 19.3. The largest absolute Gasteiger partial charge is 0.472 e. The minimum Gasteiger partial charge on any atom is -0.382 e. The normalized spacial score (nSPS) is 13.4. The molecule has 2 atom stereocenters. The second-order valence-electron chi connectivity index (χ2n) is 17.9. The molecule has 0 spiro atoms. The van der Waals surface area contributed by atoms with Crippen LogP contribution in [-0.2, 0) is 36.1 Å². The lowest BCUT2D eigenvalue weighted by Crippen LogP contribution is -2.26. The van der Waals surface area contributed by atoms with Crippen molar-refractivity contribution >= 4 is 35.6 Å². The van der Waals surface area contributed by atoms with E-state index in [-0.39, 0.29) is 13.2 Å². The van der Waals surface area contributed by atoms with Crippen molar-refractivity contribution in [2.75, 3.05) is 38.8 Å². The van der Waals surface area contributed by atoms with Crippen LogP contribution in [0.25, 0.3) is 21.9 Å². The summed E-state index contributed by atoms with van der Waals surface area (Å²) < 4.78 is 38.7. The maximum Gasteiger partial charge on any atom is 0.472 e. The van der Waals surface area contributed by atoms with E-state index in [2.05, 4.69) is 30.3 Å². The second kappa shape index (κ2) is 35.2. The van der Waals surface area contributed by atoms with Crippen molar-refractivity contribution in [2.24, 2.45) is 0 Å². The van der Waals surface area contributed by atoms with Gasteiger partial charge < -0.3 is 24.7 Å². The van der Waals surface area contributed by atoms with Gasteiger partial charge in [0.15, 0.2) is 5.82 Å². The maximum atomic E-state index is 13.2. The van der Waals surface area contributed by atoms with Crippen LogP contribution in [-0.4, -0.2) is 58.6 Å². The van der Waals surface area contributed by atoms with E-state index in [9.17, 15) is 9.46 Å². The third-order valence-corrected chi connectivity index (χ3v) is 13.2. The van der Waals surface area contributed by atoms with Gasteiger partial charge >= 0.3 is 7.82 Å². The molecule has 0 bridgehead atoms. The Morgan fingerprint density at radius 1 is 0.597 bits per heavy atom. The molecule has 11 heteroatoms. The van der Waals surface area contributed by atoms with Crippen molar-refractivity contribution in [3.8, 4) is 0 Å². The predicted octanol–water partition coefficient (Wildman–Crippen LogP) is 15.0. The summed E-state index contributed by atoms with van der Waals surface area (Å²) in [5, 5.41) is 0.934. The summed E-state index contributed by atoms with van der Waals surface area (Å²) in [7, 11) is -4.38. The third kappa shape index (κ3) is 23.7. The number of phosphoric ester groups is 1. The number of nitrogens with zero attached hydrogens (tertiary/aromatic N) is 3. The first-order valence-electron chi connectivity index (χ1n) is 25.7. The number of aromatic nitrogens is 3. The third-order valence-electron chi connectivity index (χ3n) is 12.2. The SMILES string of the molecule is CCCCCCCCCCCCCCCCOC[C@H](COP(=O)(O)OCCn1c(CCCC)nc2c(N)nc3ccccc3c21)OCCCCCCCCCCCCCCCC. The number of phosphoric acid groups is 1. The molecule has 3 rings (SSSR count). The minimum absolute atomic E-state index is 0.0326. The average Bonchev–Trinajstić information content (AvgIpc) is 3.64. The first-order chi connectivity index (χ1) is 30.4. The van der Waals surface area contributed by atoms with Crippen LogP contribution in [0, 0.1) is 0 Å². The van der Waals surface area contributed by atoms with Crippen molar-refractivity contribution in [3.63, 3.8) is 0 Å². The molecule has 3 aromatic rings. The lowest BCUT2D eigenvalue weighted by atomic mass is 10.0. The van der Waals surface area contributed by atoms with Gasteiger partial charge in [0.2, 0.25) is 0 Å².